The number of hydrogen-bond acceptors (Lipinski definition) is 5. The first-order valence-electron chi connectivity index (χ1n) is 10.6. The molecule has 3 atom stereocenters. The van der Waals surface area contributed by atoms with Gasteiger partial charge in [0.15, 0.2) is 6.29 Å². The Balaban J connectivity index is 1.47. The number of aldehydes is 1. The minimum absolute atomic E-state index is 0.297. The molecule has 5 heteroatoms. The number of rotatable bonds is 10. The Bertz CT molecular complexity index is 988. The summed E-state index contributed by atoms with van der Waals surface area (Å²) < 4.78 is 24.1. The van der Waals surface area contributed by atoms with Gasteiger partial charge in [-0.1, -0.05) is 78.9 Å². The summed E-state index contributed by atoms with van der Waals surface area (Å²) >= 11 is 0. The van der Waals surface area contributed by atoms with E-state index >= 15 is 0 Å². The molecule has 0 radical (unpaired) electrons. The zero-order valence-corrected chi connectivity index (χ0v) is 17.7. The number of ether oxygens (including phenoxy) is 4. The zero-order chi connectivity index (χ0) is 22.0. The van der Waals surface area contributed by atoms with Crippen molar-refractivity contribution in [3.63, 3.8) is 0 Å². The highest BCUT2D eigenvalue weighted by molar-refractivity contribution is 5.75. The topological polar surface area (TPSA) is 54.0 Å². The fourth-order valence-electron chi connectivity index (χ4n) is 3.43. The van der Waals surface area contributed by atoms with Crippen molar-refractivity contribution >= 4 is 6.29 Å². The van der Waals surface area contributed by atoms with Crippen LogP contribution in [0.5, 0.6) is 5.75 Å². The molecule has 0 aromatic heterocycles. The number of para-hydroxylation sites is 1. The van der Waals surface area contributed by atoms with Crippen LogP contribution in [0.15, 0.2) is 103 Å². The molecule has 5 nitrogen and oxygen atoms in total. The van der Waals surface area contributed by atoms with Crippen LogP contribution in [0.4, 0.5) is 0 Å². The maximum absolute atomic E-state index is 11.8. The highest BCUT2D eigenvalue weighted by Gasteiger charge is 2.34. The van der Waals surface area contributed by atoms with Gasteiger partial charge < -0.3 is 18.9 Å². The first kappa shape index (κ1) is 22.0. The third kappa shape index (κ3) is 6.14. The second-order valence-electron chi connectivity index (χ2n) is 7.48. The second-order valence-corrected chi connectivity index (χ2v) is 7.48. The van der Waals surface area contributed by atoms with E-state index in [9.17, 15) is 4.79 Å². The minimum atomic E-state index is -0.822. The monoisotopic (exact) mass is 430 g/mol. The molecule has 164 valence electrons. The van der Waals surface area contributed by atoms with Crippen LogP contribution in [0.3, 0.4) is 0 Å². The molecule has 0 saturated carbocycles. The fourth-order valence-corrected chi connectivity index (χ4v) is 3.43. The molecule has 1 aliphatic heterocycles. The van der Waals surface area contributed by atoms with E-state index in [0.717, 1.165) is 17.4 Å². The fraction of sp³-hybridized carbons (Fsp3) is 0.222. The van der Waals surface area contributed by atoms with E-state index in [1.54, 1.807) is 6.08 Å². The van der Waals surface area contributed by atoms with Gasteiger partial charge in [-0.2, -0.15) is 0 Å². The summed E-state index contributed by atoms with van der Waals surface area (Å²) in [5.41, 5.74) is 2.51. The standard InChI is InChI=1S/C27H26O5/c28-17-23-16-25(30-19-22-12-6-2-7-13-22)26(20-29-18-21-10-4-1-5-11-21)32-27(23)31-24-14-8-3-9-15-24/h1-17,25-27H,18-20H2/t25-,26+,27-/m0/s1. The number of carbonyl (C=O) groups is 1. The van der Waals surface area contributed by atoms with Gasteiger partial charge >= 0.3 is 0 Å². The molecule has 0 fully saturated rings. The zero-order valence-electron chi connectivity index (χ0n) is 17.7. The second kappa shape index (κ2) is 11.4. The van der Waals surface area contributed by atoms with Crippen molar-refractivity contribution in [1.29, 1.82) is 0 Å². The number of hydrogen-bond donors (Lipinski definition) is 0. The molecule has 0 bridgehead atoms. The van der Waals surface area contributed by atoms with E-state index in [1.165, 1.54) is 0 Å². The lowest BCUT2D eigenvalue weighted by Gasteiger charge is -2.34. The van der Waals surface area contributed by atoms with Gasteiger partial charge in [-0.15, -0.1) is 0 Å². The largest absolute Gasteiger partial charge is 0.460 e. The lowest BCUT2D eigenvalue weighted by Crippen LogP contribution is -2.44. The van der Waals surface area contributed by atoms with Crippen molar-refractivity contribution < 1.29 is 23.7 Å². The third-order valence-electron chi connectivity index (χ3n) is 5.10. The average molecular weight is 431 g/mol. The van der Waals surface area contributed by atoms with Crippen molar-refractivity contribution in [2.24, 2.45) is 0 Å². The Morgan fingerprint density at radius 3 is 2.00 bits per heavy atom. The van der Waals surface area contributed by atoms with Crippen LogP contribution >= 0.6 is 0 Å². The summed E-state index contributed by atoms with van der Waals surface area (Å²) in [6.07, 6.45) is 0.843. The molecule has 1 aliphatic rings. The Hall–Kier alpha value is -3.25. The van der Waals surface area contributed by atoms with E-state index < -0.39 is 18.5 Å². The normalized spacial score (nSPS) is 20.4. The smallest absolute Gasteiger partial charge is 0.230 e. The van der Waals surface area contributed by atoms with Crippen LogP contribution in [0.1, 0.15) is 11.1 Å². The Labute approximate surface area is 188 Å². The van der Waals surface area contributed by atoms with Crippen molar-refractivity contribution in [1.82, 2.24) is 0 Å². The minimum Gasteiger partial charge on any atom is -0.460 e. The third-order valence-corrected chi connectivity index (χ3v) is 5.10. The first-order valence-corrected chi connectivity index (χ1v) is 10.6. The van der Waals surface area contributed by atoms with E-state index in [0.29, 0.717) is 31.1 Å². The number of carbonyl (C=O) groups excluding carboxylic acids is 1. The molecule has 0 amide bonds. The van der Waals surface area contributed by atoms with Crippen LogP contribution in [-0.2, 0) is 32.2 Å². The first-order chi connectivity index (χ1) is 15.8. The molecule has 0 unspecified atom stereocenters. The lowest BCUT2D eigenvalue weighted by molar-refractivity contribution is -0.171. The highest BCUT2D eigenvalue weighted by Crippen LogP contribution is 2.25. The van der Waals surface area contributed by atoms with Crippen molar-refractivity contribution in [2.45, 2.75) is 31.7 Å². The summed E-state index contributed by atoms with van der Waals surface area (Å²) in [5, 5.41) is 0. The molecular weight excluding hydrogens is 404 g/mol. The number of benzene rings is 3. The lowest BCUT2D eigenvalue weighted by atomic mass is 10.1. The van der Waals surface area contributed by atoms with Crippen LogP contribution in [0.2, 0.25) is 0 Å². The van der Waals surface area contributed by atoms with Gasteiger partial charge in [-0.25, -0.2) is 0 Å². The van der Waals surface area contributed by atoms with Crippen molar-refractivity contribution in [2.75, 3.05) is 6.61 Å². The molecule has 0 spiro atoms. The molecule has 0 aliphatic carbocycles. The molecule has 0 saturated heterocycles. The summed E-state index contributed by atoms with van der Waals surface area (Å²) in [4.78, 5) is 11.8. The van der Waals surface area contributed by atoms with Gasteiger partial charge in [0, 0.05) is 0 Å². The van der Waals surface area contributed by atoms with E-state index in [1.807, 2.05) is 91.0 Å². The molecular formula is C27H26O5. The van der Waals surface area contributed by atoms with E-state index in [-0.39, 0.29) is 0 Å². The van der Waals surface area contributed by atoms with Crippen LogP contribution in [0, 0.1) is 0 Å². The maximum atomic E-state index is 11.8. The van der Waals surface area contributed by atoms with Gasteiger partial charge in [0.2, 0.25) is 6.29 Å². The average Bonchev–Trinajstić information content (AvgIpc) is 2.85. The van der Waals surface area contributed by atoms with Crippen LogP contribution < -0.4 is 4.74 Å². The predicted octanol–water partition coefficient (Wildman–Crippen LogP) is 4.72. The van der Waals surface area contributed by atoms with Crippen LogP contribution in [0.25, 0.3) is 0 Å². The summed E-state index contributed by atoms with van der Waals surface area (Å²) in [6, 6.07) is 29.1. The van der Waals surface area contributed by atoms with Gasteiger partial charge in [0.25, 0.3) is 0 Å². The van der Waals surface area contributed by atoms with Gasteiger partial charge in [0.1, 0.15) is 18.0 Å². The molecule has 3 aromatic rings. The Morgan fingerprint density at radius 2 is 1.38 bits per heavy atom. The van der Waals surface area contributed by atoms with E-state index in [2.05, 4.69) is 0 Å². The molecule has 3 aromatic carbocycles. The summed E-state index contributed by atoms with van der Waals surface area (Å²) in [5.74, 6) is 0.623. The Morgan fingerprint density at radius 1 is 0.781 bits per heavy atom. The van der Waals surface area contributed by atoms with Gasteiger partial charge in [-0.05, 0) is 29.3 Å². The van der Waals surface area contributed by atoms with E-state index in [4.69, 9.17) is 18.9 Å². The summed E-state index contributed by atoms with van der Waals surface area (Å²) in [6.45, 7) is 1.16. The summed E-state index contributed by atoms with van der Waals surface area (Å²) in [7, 11) is 0. The molecule has 0 N–H and O–H groups in total. The SMILES string of the molecule is O=CC1=C[C@H](OCc2ccccc2)[C@@H](COCc2ccccc2)O[C@@H]1Oc1ccccc1. The highest BCUT2D eigenvalue weighted by atomic mass is 16.7. The van der Waals surface area contributed by atoms with Crippen molar-refractivity contribution in [3.8, 4) is 5.75 Å². The molecule has 4 rings (SSSR count). The van der Waals surface area contributed by atoms with Gasteiger partial charge in [-0.3, -0.25) is 4.79 Å². The van der Waals surface area contributed by atoms with Crippen molar-refractivity contribution in [3.05, 3.63) is 114 Å². The van der Waals surface area contributed by atoms with Crippen LogP contribution in [-0.4, -0.2) is 31.4 Å². The molecule has 1 heterocycles. The maximum Gasteiger partial charge on any atom is 0.230 e. The Kier molecular flexibility index (Phi) is 7.82. The quantitative estimate of drug-likeness (QED) is 0.436. The predicted molar refractivity (Wildman–Crippen MR) is 121 cm³/mol. The molecule has 32 heavy (non-hydrogen) atoms. The van der Waals surface area contributed by atoms with Gasteiger partial charge in [0.05, 0.1) is 25.4 Å².